The third-order valence-corrected chi connectivity index (χ3v) is 3.78. The topological polar surface area (TPSA) is 67.9 Å². The van der Waals surface area contributed by atoms with Gasteiger partial charge in [0.2, 0.25) is 11.7 Å². The minimum Gasteiger partial charge on any atom is -0.337 e. The summed E-state index contributed by atoms with van der Waals surface area (Å²) in [4.78, 5) is 15.1. The molecule has 0 aromatic carbocycles. The molecule has 2 aromatic rings. The van der Waals surface area contributed by atoms with Crippen molar-refractivity contribution in [1.82, 2.24) is 25.0 Å². The molecule has 6 nitrogen and oxygen atoms in total. The van der Waals surface area contributed by atoms with Crippen molar-refractivity contribution < 1.29 is 4.52 Å². The Morgan fingerprint density at radius 1 is 1.15 bits per heavy atom. The Balaban J connectivity index is 1.75. The second kappa shape index (κ2) is 6.09. The molecule has 0 radical (unpaired) electrons. The van der Waals surface area contributed by atoms with Crippen LogP contribution in [0.4, 0.5) is 0 Å². The Morgan fingerprint density at radius 3 is 2.65 bits per heavy atom. The van der Waals surface area contributed by atoms with Crippen LogP contribution in [0, 0.1) is 0 Å². The van der Waals surface area contributed by atoms with E-state index in [0.29, 0.717) is 17.4 Å². The van der Waals surface area contributed by atoms with Crippen molar-refractivity contribution in [1.29, 1.82) is 0 Å². The van der Waals surface area contributed by atoms with Crippen LogP contribution in [0.25, 0.3) is 11.5 Å². The Kier molecular flexibility index (Phi) is 4.01. The summed E-state index contributed by atoms with van der Waals surface area (Å²) < 4.78 is 5.40. The van der Waals surface area contributed by atoms with E-state index in [1.807, 2.05) is 0 Å². The maximum absolute atomic E-state index is 5.40. The summed E-state index contributed by atoms with van der Waals surface area (Å²) in [5.74, 6) is 1.17. The molecule has 0 saturated carbocycles. The van der Waals surface area contributed by atoms with Gasteiger partial charge in [-0.2, -0.15) is 4.98 Å². The quantitative estimate of drug-likeness (QED) is 0.855. The van der Waals surface area contributed by atoms with Gasteiger partial charge in [0, 0.05) is 12.4 Å². The molecular formula is C14H19N5O. The molecule has 0 amide bonds. The van der Waals surface area contributed by atoms with Gasteiger partial charge in [0.15, 0.2) is 0 Å². The molecule has 20 heavy (non-hydrogen) atoms. The van der Waals surface area contributed by atoms with Gasteiger partial charge < -0.3 is 4.52 Å². The molecule has 1 atom stereocenters. The van der Waals surface area contributed by atoms with Crippen molar-refractivity contribution in [3.8, 4) is 11.5 Å². The fourth-order valence-corrected chi connectivity index (χ4v) is 2.56. The molecule has 3 heterocycles. The van der Waals surface area contributed by atoms with Crippen molar-refractivity contribution in [2.45, 2.75) is 38.6 Å². The average molecular weight is 273 g/mol. The summed E-state index contributed by atoms with van der Waals surface area (Å²) in [6, 6.07) is 0.158. The molecule has 0 spiro atoms. The highest BCUT2D eigenvalue weighted by atomic mass is 16.5. The second-order valence-corrected chi connectivity index (χ2v) is 5.17. The summed E-state index contributed by atoms with van der Waals surface area (Å²) in [6.07, 6.45) is 10.0. The zero-order chi connectivity index (χ0) is 13.8. The lowest BCUT2D eigenvalue weighted by atomic mass is 10.2. The molecule has 1 fully saturated rings. The SMILES string of the molecule is C[C@H](c1nc(-c2cnccn2)no1)N1CCCCCC1. The molecule has 6 heteroatoms. The van der Waals surface area contributed by atoms with E-state index in [-0.39, 0.29) is 6.04 Å². The molecule has 1 aliphatic rings. The van der Waals surface area contributed by atoms with E-state index in [1.54, 1.807) is 18.6 Å². The monoisotopic (exact) mass is 273 g/mol. The van der Waals surface area contributed by atoms with E-state index >= 15 is 0 Å². The van der Waals surface area contributed by atoms with E-state index in [1.165, 1.54) is 25.7 Å². The number of nitrogens with zero attached hydrogens (tertiary/aromatic N) is 5. The summed E-state index contributed by atoms with van der Waals surface area (Å²) in [5, 5.41) is 4.01. The smallest absolute Gasteiger partial charge is 0.244 e. The Morgan fingerprint density at radius 2 is 1.95 bits per heavy atom. The summed E-state index contributed by atoms with van der Waals surface area (Å²) in [6.45, 7) is 4.33. The highest BCUT2D eigenvalue weighted by Crippen LogP contribution is 2.23. The lowest BCUT2D eigenvalue weighted by Crippen LogP contribution is -2.28. The first-order valence-electron chi connectivity index (χ1n) is 7.18. The van der Waals surface area contributed by atoms with Gasteiger partial charge in [0.05, 0.1) is 12.2 Å². The van der Waals surface area contributed by atoms with Gasteiger partial charge in [-0.05, 0) is 32.9 Å². The van der Waals surface area contributed by atoms with Crippen LogP contribution in [-0.2, 0) is 0 Å². The largest absolute Gasteiger partial charge is 0.337 e. The van der Waals surface area contributed by atoms with Crippen molar-refractivity contribution in [3.63, 3.8) is 0 Å². The first-order chi connectivity index (χ1) is 9.84. The van der Waals surface area contributed by atoms with Gasteiger partial charge in [-0.1, -0.05) is 18.0 Å². The van der Waals surface area contributed by atoms with Crippen LogP contribution in [0.15, 0.2) is 23.1 Å². The molecule has 0 unspecified atom stereocenters. The number of hydrogen-bond acceptors (Lipinski definition) is 6. The number of aromatic nitrogens is 4. The van der Waals surface area contributed by atoms with Crippen LogP contribution in [-0.4, -0.2) is 38.1 Å². The lowest BCUT2D eigenvalue weighted by Gasteiger charge is -2.24. The summed E-state index contributed by atoms with van der Waals surface area (Å²) in [7, 11) is 0. The maximum Gasteiger partial charge on any atom is 0.244 e. The average Bonchev–Trinajstić information content (AvgIpc) is 2.83. The van der Waals surface area contributed by atoms with Crippen LogP contribution >= 0.6 is 0 Å². The van der Waals surface area contributed by atoms with E-state index in [2.05, 4.69) is 31.9 Å². The van der Waals surface area contributed by atoms with Crippen LogP contribution < -0.4 is 0 Å². The Hall–Kier alpha value is -1.82. The zero-order valence-electron chi connectivity index (χ0n) is 11.7. The molecule has 0 N–H and O–H groups in total. The molecule has 2 aromatic heterocycles. The minimum atomic E-state index is 0.158. The Labute approximate surface area is 118 Å². The highest BCUT2D eigenvalue weighted by Gasteiger charge is 2.23. The van der Waals surface area contributed by atoms with Crippen molar-refractivity contribution in [2.24, 2.45) is 0 Å². The molecule has 3 rings (SSSR count). The third-order valence-electron chi connectivity index (χ3n) is 3.78. The van der Waals surface area contributed by atoms with Gasteiger partial charge in [0.1, 0.15) is 5.69 Å². The van der Waals surface area contributed by atoms with Gasteiger partial charge >= 0.3 is 0 Å². The fraction of sp³-hybridized carbons (Fsp3) is 0.571. The van der Waals surface area contributed by atoms with Crippen LogP contribution in [0.3, 0.4) is 0 Å². The van der Waals surface area contributed by atoms with E-state index in [9.17, 15) is 0 Å². The first-order valence-corrected chi connectivity index (χ1v) is 7.18. The minimum absolute atomic E-state index is 0.158. The lowest BCUT2D eigenvalue weighted by molar-refractivity contribution is 0.179. The normalized spacial score (nSPS) is 18.6. The van der Waals surface area contributed by atoms with Crippen molar-refractivity contribution >= 4 is 0 Å². The highest BCUT2D eigenvalue weighted by molar-refractivity contribution is 5.45. The third kappa shape index (κ3) is 2.85. The van der Waals surface area contributed by atoms with E-state index in [0.717, 1.165) is 13.1 Å². The van der Waals surface area contributed by atoms with Crippen LogP contribution in [0.2, 0.25) is 0 Å². The molecule has 1 saturated heterocycles. The Bertz CT molecular complexity index is 534. The fourth-order valence-electron chi connectivity index (χ4n) is 2.56. The molecule has 106 valence electrons. The number of likely N-dealkylation sites (tertiary alicyclic amines) is 1. The number of hydrogen-bond donors (Lipinski definition) is 0. The predicted octanol–water partition coefficient (Wildman–Crippen LogP) is 2.46. The maximum atomic E-state index is 5.40. The van der Waals surface area contributed by atoms with Gasteiger partial charge in [0.25, 0.3) is 0 Å². The van der Waals surface area contributed by atoms with Crippen molar-refractivity contribution in [3.05, 3.63) is 24.5 Å². The summed E-state index contributed by atoms with van der Waals surface area (Å²) >= 11 is 0. The summed E-state index contributed by atoms with van der Waals surface area (Å²) in [5.41, 5.74) is 0.644. The van der Waals surface area contributed by atoms with Gasteiger partial charge in [-0.15, -0.1) is 0 Å². The van der Waals surface area contributed by atoms with Gasteiger partial charge in [-0.25, -0.2) is 4.98 Å². The predicted molar refractivity (Wildman–Crippen MR) is 73.8 cm³/mol. The number of rotatable bonds is 3. The first kappa shape index (κ1) is 13.2. The van der Waals surface area contributed by atoms with E-state index < -0.39 is 0 Å². The zero-order valence-corrected chi connectivity index (χ0v) is 11.7. The van der Waals surface area contributed by atoms with Gasteiger partial charge in [-0.3, -0.25) is 9.88 Å². The molecular weight excluding hydrogens is 254 g/mol. The molecule has 0 bridgehead atoms. The molecule has 0 aliphatic carbocycles. The van der Waals surface area contributed by atoms with Crippen molar-refractivity contribution in [2.75, 3.05) is 13.1 Å². The van der Waals surface area contributed by atoms with Crippen LogP contribution in [0.5, 0.6) is 0 Å². The van der Waals surface area contributed by atoms with E-state index in [4.69, 9.17) is 4.52 Å². The van der Waals surface area contributed by atoms with Crippen LogP contribution in [0.1, 0.15) is 44.5 Å². The second-order valence-electron chi connectivity index (χ2n) is 5.17. The molecule has 1 aliphatic heterocycles. The standard InChI is InChI=1S/C14H19N5O/c1-11(19-8-4-2-3-5-9-19)14-17-13(18-20-14)12-10-15-6-7-16-12/h6-7,10-11H,2-5,8-9H2,1H3/t11-/m1/s1.